The fourth-order valence-corrected chi connectivity index (χ4v) is 5.32. The zero-order valence-corrected chi connectivity index (χ0v) is 23.1. The topological polar surface area (TPSA) is 76.2 Å². The van der Waals surface area contributed by atoms with Crippen LogP contribution < -0.4 is 4.90 Å². The van der Waals surface area contributed by atoms with Gasteiger partial charge in [0.15, 0.2) is 0 Å². The Kier molecular flexibility index (Phi) is 9.37. The lowest BCUT2D eigenvalue weighted by atomic mass is 9.88. The number of thiophene rings is 1. The Morgan fingerprint density at radius 3 is 2.53 bits per heavy atom. The quantitative estimate of drug-likeness (QED) is 0.314. The van der Waals surface area contributed by atoms with E-state index < -0.39 is 12.0 Å². The molecule has 0 bridgehead atoms. The number of anilines is 1. The molecular formula is C28H38N2O5S. The number of esters is 1. The lowest BCUT2D eigenvalue weighted by molar-refractivity contribution is -0.138. The zero-order valence-electron chi connectivity index (χ0n) is 22.3. The fraction of sp³-hybridized carbons (Fsp3) is 0.607. The van der Waals surface area contributed by atoms with E-state index in [2.05, 4.69) is 24.8 Å². The number of nitrogens with zero attached hydrogens (tertiary/aromatic N) is 2. The summed E-state index contributed by atoms with van der Waals surface area (Å²) in [6.07, 6.45) is 4.70. The Morgan fingerprint density at radius 1 is 1.28 bits per heavy atom. The summed E-state index contributed by atoms with van der Waals surface area (Å²) >= 11 is 1.20. The molecule has 1 saturated heterocycles. The molecule has 1 aromatic heterocycles. The molecule has 2 heterocycles. The van der Waals surface area contributed by atoms with Gasteiger partial charge in [0.1, 0.15) is 10.9 Å². The number of rotatable bonds is 6. The van der Waals surface area contributed by atoms with Crippen LogP contribution in [0, 0.1) is 23.2 Å². The summed E-state index contributed by atoms with van der Waals surface area (Å²) in [5.74, 6) is 5.30. The molecule has 36 heavy (non-hydrogen) atoms. The Morgan fingerprint density at radius 2 is 1.97 bits per heavy atom. The third kappa shape index (κ3) is 6.77. The lowest BCUT2D eigenvalue weighted by Crippen LogP contribution is -2.55. The van der Waals surface area contributed by atoms with Crippen molar-refractivity contribution in [2.24, 2.45) is 11.3 Å². The largest absolute Gasteiger partial charge is 0.465 e. The molecule has 2 amide bonds. The van der Waals surface area contributed by atoms with Crippen LogP contribution in [0.15, 0.2) is 17.7 Å². The highest BCUT2D eigenvalue weighted by Gasteiger charge is 2.39. The predicted octanol–water partition coefficient (Wildman–Crippen LogP) is 4.65. The van der Waals surface area contributed by atoms with Gasteiger partial charge in [-0.2, -0.15) is 0 Å². The van der Waals surface area contributed by atoms with Crippen molar-refractivity contribution >= 4 is 34.8 Å². The molecule has 8 heteroatoms. The molecule has 3 rings (SSSR count). The van der Waals surface area contributed by atoms with Crippen LogP contribution in [-0.2, 0) is 19.1 Å². The van der Waals surface area contributed by atoms with Gasteiger partial charge < -0.3 is 14.4 Å². The van der Waals surface area contributed by atoms with Gasteiger partial charge in [0.2, 0.25) is 11.8 Å². The molecule has 0 unspecified atom stereocenters. The van der Waals surface area contributed by atoms with Crippen molar-refractivity contribution < 1.29 is 23.9 Å². The second-order valence-corrected chi connectivity index (χ2v) is 11.5. The van der Waals surface area contributed by atoms with Gasteiger partial charge in [-0.15, -0.1) is 11.3 Å². The van der Waals surface area contributed by atoms with E-state index in [9.17, 15) is 14.4 Å². The van der Waals surface area contributed by atoms with E-state index in [-0.39, 0.29) is 23.1 Å². The van der Waals surface area contributed by atoms with E-state index in [1.807, 2.05) is 27.7 Å². The molecule has 0 N–H and O–H groups in total. The summed E-state index contributed by atoms with van der Waals surface area (Å²) in [5, 5.41) is 0. The summed E-state index contributed by atoms with van der Waals surface area (Å²) in [7, 11) is 1.32. The van der Waals surface area contributed by atoms with Gasteiger partial charge in [0.25, 0.3) is 0 Å². The number of ether oxygens (including phenoxy) is 2. The van der Waals surface area contributed by atoms with Crippen molar-refractivity contribution in [3.8, 4) is 11.8 Å². The first-order chi connectivity index (χ1) is 17.1. The van der Waals surface area contributed by atoms with Crippen molar-refractivity contribution in [2.45, 2.75) is 66.3 Å². The Balaban J connectivity index is 2.11. The van der Waals surface area contributed by atoms with Crippen LogP contribution >= 0.6 is 11.3 Å². The van der Waals surface area contributed by atoms with E-state index in [4.69, 9.17) is 9.47 Å². The number of amides is 2. The van der Waals surface area contributed by atoms with Crippen LogP contribution in [0.3, 0.4) is 0 Å². The van der Waals surface area contributed by atoms with E-state index >= 15 is 0 Å². The molecule has 1 aliphatic heterocycles. The standard InChI is InChI=1S/C28H38N2O5S/c1-7-22(26(32)29-14-16-35-17-15-29)30(25(31)20-10-8-19(2)9-11-20)23-18-21(12-13-28(3,4)5)36-24(23)27(33)34-6/h8,18,20,22H,7,9-11,14-17H2,1-6H3/t20-,22-/m0/s1. The van der Waals surface area contributed by atoms with Crippen LogP contribution in [0.25, 0.3) is 0 Å². The number of hydrogen-bond acceptors (Lipinski definition) is 6. The first-order valence-corrected chi connectivity index (χ1v) is 13.5. The number of morpholine rings is 1. The minimum atomic E-state index is -0.732. The van der Waals surface area contributed by atoms with E-state index in [1.165, 1.54) is 24.0 Å². The molecule has 2 aliphatic rings. The summed E-state index contributed by atoms with van der Waals surface area (Å²) in [6, 6.07) is 1.04. The Labute approximate surface area is 218 Å². The minimum absolute atomic E-state index is 0.124. The number of carbonyl (C=O) groups is 3. The highest BCUT2D eigenvalue weighted by atomic mass is 32.1. The molecule has 7 nitrogen and oxygen atoms in total. The highest BCUT2D eigenvalue weighted by molar-refractivity contribution is 7.15. The van der Waals surface area contributed by atoms with Crippen molar-refractivity contribution in [3.05, 3.63) is 27.5 Å². The van der Waals surface area contributed by atoms with Gasteiger partial charge >= 0.3 is 5.97 Å². The smallest absolute Gasteiger partial charge is 0.350 e. The van der Waals surface area contributed by atoms with Crippen molar-refractivity contribution in [2.75, 3.05) is 38.3 Å². The van der Waals surface area contributed by atoms with Gasteiger partial charge in [-0.1, -0.05) is 30.4 Å². The maximum absolute atomic E-state index is 14.1. The minimum Gasteiger partial charge on any atom is -0.465 e. The molecule has 2 atom stereocenters. The van der Waals surface area contributed by atoms with E-state index in [0.717, 1.165) is 6.42 Å². The van der Waals surface area contributed by atoms with Crippen LogP contribution in [0.4, 0.5) is 5.69 Å². The first kappa shape index (κ1) is 27.9. The summed E-state index contributed by atoms with van der Waals surface area (Å²) in [5.41, 5.74) is 1.46. The molecule has 1 aromatic rings. The maximum Gasteiger partial charge on any atom is 0.350 e. The molecule has 0 spiro atoms. The van der Waals surface area contributed by atoms with Crippen LogP contribution in [0.1, 0.15) is 74.9 Å². The summed E-state index contributed by atoms with van der Waals surface area (Å²) in [6.45, 7) is 11.9. The first-order valence-electron chi connectivity index (χ1n) is 12.7. The highest BCUT2D eigenvalue weighted by Crippen LogP contribution is 2.36. The molecule has 1 aliphatic carbocycles. The van der Waals surface area contributed by atoms with Crippen LogP contribution in [0.5, 0.6) is 0 Å². The molecule has 0 radical (unpaired) electrons. The SMILES string of the molecule is CC[C@@H](C(=O)N1CCOCC1)N(C(=O)[C@H]1CC=C(C)CC1)c1cc(C#CC(C)(C)C)sc1C(=O)OC. The summed E-state index contributed by atoms with van der Waals surface area (Å²) in [4.78, 5) is 45.0. The molecule has 196 valence electrons. The number of hydrogen-bond donors (Lipinski definition) is 0. The Hall–Kier alpha value is -2.63. The lowest BCUT2D eigenvalue weighted by Gasteiger charge is -2.37. The molecular weight excluding hydrogens is 476 g/mol. The number of allylic oxidation sites excluding steroid dienone is 2. The number of carbonyl (C=O) groups excluding carboxylic acids is 3. The van der Waals surface area contributed by atoms with Gasteiger partial charge in [-0.05, 0) is 59.4 Å². The predicted molar refractivity (Wildman–Crippen MR) is 142 cm³/mol. The average Bonchev–Trinajstić information content (AvgIpc) is 3.29. The average molecular weight is 515 g/mol. The van der Waals surface area contributed by atoms with Crippen molar-refractivity contribution in [1.29, 1.82) is 0 Å². The normalized spacial score (nSPS) is 19.0. The monoisotopic (exact) mass is 514 g/mol. The summed E-state index contributed by atoms with van der Waals surface area (Å²) < 4.78 is 10.5. The van der Waals surface area contributed by atoms with Gasteiger partial charge in [0.05, 0.1) is 30.9 Å². The van der Waals surface area contributed by atoms with E-state index in [0.29, 0.717) is 61.0 Å². The van der Waals surface area contributed by atoms with Gasteiger partial charge in [-0.3, -0.25) is 14.5 Å². The Bertz CT molecular complexity index is 1070. The second-order valence-electron chi connectivity index (χ2n) is 10.4. The molecule has 1 fully saturated rings. The molecule has 0 saturated carbocycles. The van der Waals surface area contributed by atoms with Gasteiger partial charge in [0, 0.05) is 24.4 Å². The van der Waals surface area contributed by atoms with Crippen molar-refractivity contribution in [3.63, 3.8) is 0 Å². The second kappa shape index (κ2) is 12.1. The fourth-order valence-electron chi connectivity index (χ4n) is 4.40. The van der Waals surface area contributed by atoms with Crippen molar-refractivity contribution in [1.82, 2.24) is 4.90 Å². The maximum atomic E-state index is 14.1. The zero-order chi connectivity index (χ0) is 26.5. The van der Waals surface area contributed by atoms with Crippen LogP contribution in [0.2, 0.25) is 0 Å². The third-order valence-electron chi connectivity index (χ3n) is 6.43. The van der Waals surface area contributed by atoms with Crippen LogP contribution in [-0.4, -0.2) is 62.1 Å². The molecule has 0 aromatic carbocycles. The third-order valence-corrected chi connectivity index (χ3v) is 7.45. The van der Waals surface area contributed by atoms with E-state index in [1.54, 1.807) is 15.9 Å². The number of methoxy groups -OCH3 is 1. The van der Waals surface area contributed by atoms with Gasteiger partial charge in [-0.25, -0.2) is 4.79 Å².